The van der Waals surface area contributed by atoms with Crippen LogP contribution in [0, 0.1) is 28.9 Å². The number of nitrogens with zero attached hydrogens (tertiary/aromatic N) is 7. The maximum Gasteiger partial charge on any atom is 0.420 e. The van der Waals surface area contributed by atoms with Gasteiger partial charge < -0.3 is 30.7 Å². The van der Waals surface area contributed by atoms with Crippen LogP contribution in [-0.2, 0) is 12.7 Å². The zero-order valence-electron chi connectivity index (χ0n) is 32.9. The summed E-state index contributed by atoms with van der Waals surface area (Å²) >= 11 is 0.675. The zero-order valence-corrected chi connectivity index (χ0v) is 33.7. The lowest BCUT2D eigenvalue weighted by Gasteiger charge is -2.26. The number of methoxy groups -OCH3 is 1. The van der Waals surface area contributed by atoms with E-state index in [0.717, 1.165) is 31.0 Å². The fourth-order valence-electron chi connectivity index (χ4n) is 8.23. The summed E-state index contributed by atoms with van der Waals surface area (Å²) in [4.78, 5) is 18.7. The van der Waals surface area contributed by atoms with Crippen LogP contribution in [0.3, 0.4) is 0 Å². The lowest BCUT2D eigenvalue weighted by atomic mass is 9.91. The topological polar surface area (TPSA) is 143 Å². The molecule has 3 saturated heterocycles. The van der Waals surface area contributed by atoms with Gasteiger partial charge in [-0.1, -0.05) is 19.1 Å². The SMILES string of the molecule is CC1CCN(C)CC1.COc1nc2c3c(c(C(F)(F)F)c(-c4ccc(F)c5sc(N)c(C#N)c45)c(F)c3n1)OCCN2Cc1cccnc1N.FC1CC2CCCN2C1. The van der Waals surface area contributed by atoms with Gasteiger partial charge in [0, 0.05) is 41.8 Å². The molecular formula is C41H45F6N9O2S. The number of ether oxygens (including phenoxy) is 2. The Morgan fingerprint density at radius 2 is 1.81 bits per heavy atom. The van der Waals surface area contributed by atoms with Crippen LogP contribution in [0.15, 0.2) is 30.5 Å². The molecule has 9 rings (SSSR count). The summed E-state index contributed by atoms with van der Waals surface area (Å²) in [5, 5.41) is 9.00. The molecule has 0 saturated carbocycles. The number of halogens is 6. The lowest BCUT2D eigenvalue weighted by Crippen LogP contribution is -2.28. The van der Waals surface area contributed by atoms with E-state index in [2.05, 4.69) is 38.7 Å². The van der Waals surface area contributed by atoms with E-state index in [1.54, 1.807) is 23.1 Å². The predicted molar refractivity (Wildman–Crippen MR) is 216 cm³/mol. The van der Waals surface area contributed by atoms with Crippen molar-refractivity contribution in [2.24, 2.45) is 5.92 Å². The Morgan fingerprint density at radius 3 is 2.47 bits per heavy atom. The molecule has 2 unspecified atom stereocenters. The summed E-state index contributed by atoms with van der Waals surface area (Å²) in [6.07, 6.45) is 1.93. The van der Waals surface area contributed by atoms with Crippen molar-refractivity contribution >= 4 is 49.0 Å². The summed E-state index contributed by atoms with van der Waals surface area (Å²) in [5.41, 5.74) is 8.81. The number of hydrogen-bond donors (Lipinski definition) is 2. The van der Waals surface area contributed by atoms with Gasteiger partial charge in [-0.3, -0.25) is 4.90 Å². The first kappa shape index (κ1) is 42.0. The molecule has 314 valence electrons. The van der Waals surface area contributed by atoms with Gasteiger partial charge >= 0.3 is 12.2 Å². The highest BCUT2D eigenvalue weighted by atomic mass is 32.1. The van der Waals surface area contributed by atoms with Crippen LogP contribution >= 0.6 is 11.3 Å². The molecule has 4 aliphatic heterocycles. The van der Waals surface area contributed by atoms with Gasteiger partial charge in [0.2, 0.25) is 0 Å². The number of nitriles is 1. The van der Waals surface area contributed by atoms with Gasteiger partial charge in [0.05, 0.1) is 29.3 Å². The van der Waals surface area contributed by atoms with Crippen molar-refractivity contribution in [2.75, 3.05) is 69.9 Å². The first-order valence-corrected chi connectivity index (χ1v) is 20.2. The minimum Gasteiger partial charge on any atom is -0.490 e. The first-order chi connectivity index (χ1) is 28.2. The number of likely N-dealkylation sites (tertiary alicyclic amines) is 1. The molecule has 59 heavy (non-hydrogen) atoms. The van der Waals surface area contributed by atoms with Gasteiger partial charge in [-0.2, -0.15) is 28.4 Å². The maximum atomic E-state index is 16.6. The summed E-state index contributed by atoms with van der Waals surface area (Å²) in [6.45, 7) is 6.65. The van der Waals surface area contributed by atoms with Gasteiger partial charge in [0.1, 0.15) is 58.1 Å². The molecule has 0 spiro atoms. The fraction of sp³-hybridized carbons (Fsp3) is 0.463. The first-order valence-electron chi connectivity index (χ1n) is 19.4. The Kier molecular flexibility index (Phi) is 12.3. The number of benzene rings is 2. The Bertz CT molecular complexity index is 2360. The second-order valence-electron chi connectivity index (χ2n) is 15.3. The highest BCUT2D eigenvalue weighted by molar-refractivity contribution is 7.23. The van der Waals surface area contributed by atoms with Crippen LogP contribution in [-0.4, -0.2) is 90.5 Å². The molecule has 0 bridgehead atoms. The van der Waals surface area contributed by atoms with E-state index in [9.17, 15) is 27.2 Å². The maximum absolute atomic E-state index is 16.6. The predicted octanol–water partition coefficient (Wildman–Crippen LogP) is 8.19. The monoisotopic (exact) mass is 841 g/mol. The summed E-state index contributed by atoms with van der Waals surface area (Å²) < 4.78 is 99.6. The molecule has 0 amide bonds. The molecule has 2 atom stereocenters. The van der Waals surface area contributed by atoms with E-state index >= 15 is 4.39 Å². The minimum atomic E-state index is -5.17. The summed E-state index contributed by atoms with van der Waals surface area (Å²) in [5.74, 6) is -1.84. The highest BCUT2D eigenvalue weighted by Gasteiger charge is 2.44. The van der Waals surface area contributed by atoms with Gasteiger partial charge in [-0.05, 0) is 82.4 Å². The molecule has 2 aromatic carbocycles. The van der Waals surface area contributed by atoms with Crippen molar-refractivity contribution in [2.45, 2.75) is 64.0 Å². The molecule has 3 fully saturated rings. The number of piperidine rings is 1. The third-order valence-corrected chi connectivity index (χ3v) is 12.4. The fourth-order valence-corrected chi connectivity index (χ4v) is 9.18. The second kappa shape index (κ2) is 17.2. The van der Waals surface area contributed by atoms with E-state index in [-0.39, 0.29) is 63.4 Å². The number of rotatable bonds is 4. The third-order valence-electron chi connectivity index (χ3n) is 11.3. The normalized spacial score (nSPS) is 19.6. The van der Waals surface area contributed by atoms with Gasteiger partial charge in [0.25, 0.3) is 0 Å². The number of pyridine rings is 1. The van der Waals surface area contributed by atoms with Crippen molar-refractivity contribution in [3.63, 3.8) is 0 Å². The molecule has 4 N–H and O–H groups in total. The Hall–Kier alpha value is -5.12. The number of anilines is 3. The number of aromatic nitrogens is 3. The number of alkyl halides is 4. The highest BCUT2D eigenvalue weighted by Crippen LogP contribution is 2.53. The van der Waals surface area contributed by atoms with Gasteiger partial charge in [0.15, 0.2) is 5.82 Å². The number of nitrogens with two attached hydrogens (primary N) is 2. The number of thiophene rings is 1. The van der Waals surface area contributed by atoms with Crippen LogP contribution in [0.2, 0.25) is 0 Å². The van der Waals surface area contributed by atoms with Crippen molar-refractivity contribution in [3.8, 4) is 29.0 Å². The average molecular weight is 842 g/mol. The van der Waals surface area contributed by atoms with Gasteiger partial charge in [-0.15, -0.1) is 11.3 Å². The van der Waals surface area contributed by atoms with Crippen molar-refractivity contribution < 1.29 is 35.8 Å². The quantitative estimate of drug-likeness (QED) is 0.169. The number of nitrogen functional groups attached to an aromatic ring is 2. The summed E-state index contributed by atoms with van der Waals surface area (Å²) in [6, 6.07) is 7.29. The van der Waals surface area contributed by atoms with Crippen LogP contribution in [0.4, 0.5) is 43.0 Å². The molecule has 4 aliphatic rings. The molecule has 3 aromatic heterocycles. The molecule has 11 nitrogen and oxygen atoms in total. The lowest BCUT2D eigenvalue weighted by molar-refractivity contribution is -0.138. The summed E-state index contributed by atoms with van der Waals surface area (Å²) in [7, 11) is 3.43. The standard InChI is InChI=1S/C27H18F5N7O2S.C7H12FN.C7H15N/c1-40-26-37-20-17-21(41-8-7-39(25(17)38-26)10-11-3-2-6-36-23(11)34)18(27(30,31)32)16(19(20)29)12-4-5-14(28)22-15(12)13(9-33)24(35)42-22;8-6-4-7-2-1-3-9(7)5-6;1-7-3-5-8(2)6-4-7/h2-6H,7-8,10,35H2,1H3,(H2,34,36);6-7H,1-5H2;7H,3-6H2,1-2H3. The van der Waals surface area contributed by atoms with Crippen molar-refractivity contribution in [1.82, 2.24) is 24.8 Å². The molecule has 5 aromatic rings. The van der Waals surface area contributed by atoms with E-state index in [1.807, 2.05) is 0 Å². The number of fused-ring (bicyclic) bond motifs is 2. The van der Waals surface area contributed by atoms with Crippen LogP contribution < -0.4 is 25.8 Å². The van der Waals surface area contributed by atoms with E-state index in [1.165, 1.54) is 52.1 Å². The Balaban J connectivity index is 0.000000254. The Labute approximate surface area is 341 Å². The van der Waals surface area contributed by atoms with E-state index in [0.29, 0.717) is 29.5 Å². The number of hydrogen-bond acceptors (Lipinski definition) is 12. The zero-order chi connectivity index (χ0) is 42.2. The molecular weight excluding hydrogens is 797 g/mol. The van der Waals surface area contributed by atoms with E-state index in [4.69, 9.17) is 20.9 Å². The van der Waals surface area contributed by atoms with E-state index < -0.39 is 51.9 Å². The third kappa shape index (κ3) is 8.50. The molecule has 0 radical (unpaired) electrons. The average Bonchev–Trinajstić information content (AvgIpc) is 3.86. The van der Waals surface area contributed by atoms with Crippen molar-refractivity contribution in [1.29, 1.82) is 5.26 Å². The van der Waals surface area contributed by atoms with Gasteiger partial charge in [-0.25, -0.2) is 18.2 Å². The molecule has 18 heteroatoms. The van der Waals surface area contributed by atoms with Crippen LogP contribution in [0.1, 0.15) is 55.7 Å². The molecule has 0 aliphatic carbocycles. The molecule has 7 heterocycles. The Morgan fingerprint density at radius 1 is 1.05 bits per heavy atom. The van der Waals surface area contributed by atoms with Crippen LogP contribution in [0.5, 0.6) is 11.8 Å². The second-order valence-corrected chi connectivity index (χ2v) is 16.4. The van der Waals surface area contributed by atoms with Crippen molar-refractivity contribution in [3.05, 3.63) is 58.8 Å². The largest absolute Gasteiger partial charge is 0.490 e. The minimum absolute atomic E-state index is 0.0347. The smallest absolute Gasteiger partial charge is 0.420 e. The van der Waals surface area contributed by atoms with Crippen LogP contribution in [0.25, 0.3) is 32.1 Å².